The highest BCUT2D eigenvalue weighted by molar-refractivity contribution is 5.94. The average molecular weight is 366 g/mol. The summed E-state index contributed by atoms with van der Waals surface area (Å²) in [4.78, 5) is 24.4. The highest BCUT2D eigenvalue weighted by atomic mass is 16.5. The van der Waals surface area contributed by atoms with Crippen LogP contribution in [0.2, 0.25) is 0 Å². The summed E-state index contributed by atoms with van der Waals surface area (Å²) in [6.45, 7) is 5.79. The van der Waals surface area contributed by atoms with Gasteiger partial charge in [-0.25, -0.2) is 4.79 Å². The first-order chi connectivity index (χ1) is 12.8. The number of pyridine rings is 1. The van der Waals surface area contributed by atoms with Gasteiger partial charge >= 0.3 is 5.97 Å². The zero-order chi connectivity index (χ0) is 19.7. The van der Waals surface area contributed by atoms with Crippen LogP contribution in [0.3, 0.4) is 0 Å². The van der Waals surface area contributed by atoms with Crippen LogP contribution in [0.1, 0.15) is 40.9 Å². The lowest BCUT2D eigenvalue weighted by Crippen LogP contribution is -2.24. The number of carbonyl (C=O) groups is 1. The van der Waals surface area contributed by atoms with Crippen LogP contribution in [0.5, 0.6) is 5.88 Å². The van der Waals surface area contributed by atoms with E-state index in [1.54, 1.807) is 18.2 Å². The van der Waals surface area contributed by atoms with Gasteiger partial charge in [0, 0.05) is 17.7 Å². The van der Waals surface area contributed by atoms with Crippen molar-refractivity contribution in [2.75, 3.05) is 0 Å². The number of aromatic nitrogens is 1. The molecule has 2 heterocycles. The molecule has 0 fully saturated rings. The van der Waals surface area contributed by atoms with Crippen molar-refractivity contribution in [1.82, 2.24) is 4.57 Å². The lowest BCUT2D eigenvalue weighted by atomic mass is 10.1. The Bertz CT molecular complexity index is 1060. The standard InChI is InChI=1S/C19H18N4O4/c1-10(2)8-23-17(24)15(7-20)11(3)16(18(23)25)22-21-13-5-4-12-9-27-19(26)14(12)6-13/h4-6,10,24H,8-9H2,1-3H3. The van der Waals surface area contributed by atoms with Crippen LogP contribution in [0, 0.1) is 24.2 Å². The van der Waals surface area contributed by atoms with Crippen molar-refractivity contribution in [1.29, 1.82) is 5.26 Å². The average Bonchev–Trinajstić information content (AvgIpc) is 2.99. The van der Waals surface area contributed by atoms with Crippen LogP contribution in [-0.4, -0.2) is 15.6 Å². The molecule has 8 nitrogen and oxygen atoms in total. The van der Waals surface area contributed by atoms with Gasteiger partial charge in [-0.15, -0.1) is 5.11 Å². The molecule has 8 heteroatoms. The summed E-state index contributed by atoms with van der Waals surface area (Å²) in [6, 6.07) is 6.84. The van der Waals surface area contributed by atoms with Crippen molar-refractivity contribution in [2.24, 2.45) is 16.1 Å². The van der Waals surface area contributed by atoms with Gasteiger partial charge < -0.3 is 9.84 Å². The molecule has 1 aliphatic rings. The van der Waals surface area contributed by atoms with Gasteiger partial charge in [-0.3, -0.25) is 9.36 Å². The molecule has 0 unspecified atom stereocenters. The fourth-order valence-corrected chi connectivity index (χ4v) is 2.86. The number of nitrogens with zero attached hydrogens (tertiary/aromatic N) is 4. The third-order valence-corrected chi connectivity index (χ3v) is 4.25. The number of hydrogen-bond donors (Lipinski definition) is 1. The third kappa shape index (κ3) is 3.31. The molecular weight excluding hydrogens is 348 g/mol. The number of aromatic hydroxyl groups is 1. The number of cyclic esters (lactones) is 1. The smallest absolute Gasteiger partial charge is 0.338 e. The minimum Gasteiger partial charge on any atom is -0.493 e. The van der Waals surface area contributed by atoms with Gasteiger partial charge in [0.2, 0.25) is 5.88 Å². The van der Waals surface area contributed by atoms with E-state index in [9.17, 15) is 20.0 Å². The number of azo groups is 1. The van der Waals surface area contributed by atoms with Crippen LogP contribution in [0.25, 0.3) is 0 Å². The SMILES string of the molecule is Cc1c(C#N)c(O)n(CC(C)C)c(=O)c1N=Nc1ccc2c(c1)C(=O)OC2. The second kappa shape index (κ2) is 7.03. The summed E-state index contributed by atoms with van der Waals surface area (Å²) in [5, 5.41) is 27.7. The van der Waals surface area contributed by atoms with Gasteiger partial charge in [0.1, 0.15) is 18.2 Å². The molecule has 0 radical (unpaired) electrons. The number of esters is 1. The fraction of sp³-hybridized carbons (Fsp3) is 0.316. The first-order valence-corrected chi connectivity index (χ1v) is 8.41. The summed E-state index contributed by atoms with van der Waals surface area (Å²) < 4.78 is 6.08. The normalized spacial score (nSPS) is 13.1. The van der Waals surface area contributed by atoms with Crippen LogP contribution in [-0.2, 0) is 17.9 Å². The Labute approximate surface area is 155 Å². The highest BCUT2D eigenvalue weighted by Gasteiger charge is 2.22. The molecule has 1 aliphatic heterocycles. The summed E-state index contributed by atoms with van der Waals surface area (Å²) in [7, 11) is 0. The number of nitriles is 1. The van der Waals surface area contributed by atoms with Crippen molar-refractivity contribution in [3.63, 3.8) is 0 Å². The monoisotopic (exact) mass is 366 g/mol. The van der Waals surface area contributed by atoms with E-state index in [0.29, 0.717) is 11.3 Å². The first-order valence-electron chi connectivity index (χ1n) is 8.41. The minimum absolute atomic E-state index is 0.0123. The molecule has 2 aromatic rings. The lowest BCUT2D eigenvalue weighted by molar-refractivity contribution is 0.0535. The summed E-state index contributed by atoms with van der Waals surface area (Å²) in [6.07, 6.45) is 0. The van der Waals surface area contributed by atoms with Crippen molar-refractivity contribution < 1.29 is 14.6 Å². The maximum absolute atomic E-state index is 12.7. The summed E-state index contributed by atoms with van der Waals surface area (Å²) >= 11 is 0. The molecule has 1 N–H and O–H groups in total. The Morgan fingerprint density at radius 2 is 2.07 bits per heavy atom. The van der Waals surface area contributed by atoms with E-state index in [2.05, 4.69) is 10.2 Å². The Balaban J connectivity index is 2.08. The summed E-state index contributed by atoms with van der Waals surface area (Å²) in [5.41, 5.74) is 1.27. The van der Waals surface area contributed by atoms with Crippen LogP contribution < -0.4 is 5.56 Å². The largest absolute Gasteiger partial charge is 0.493 e. The Hall–Kier alpha value is -3.47. The van der Waals surface area contributed by atoms with Gasteiger partial charge in [0.05, 0.1) is 11.3 Å². The maximum atomic E-state index is 12.7. The number of fused-ring (bicyclic) bond motifs is 1. The van der Waals surface area contributed by atoms with Crippen LogP contribution in [0.4, 0.5) is 11.4 Å². The van der Waals surface area contributed by atoms with Crippen molar-refractivity contribution in [3.05, 3.63) is 50.8 Å². The van der Waals surface area contributed by atoms with Crippen molar-refractivity contribution >= 4 is 17.3 Å². The first kappa shape index (κ1) is 18.3. The molecule has 138 valence electrons. The maximum Gasteiger partial charge on any atom is 0.338 e. The molecular formula is C19H18N4O4. The van der Waals surface area contributed by atoms with E-state index in [1.807, 2.05) is 19.9 Å². The van der Waals surface area contributed by atoms with E-state index in [-0.39, 0.29) is 41.8 Å². The molecule has 0 spiro atoms. The van der Waals surface area contributed by atoms with Gasteiger partial charge in [0.15, 0.2) is 5.69 Å². The quantitative estimate of drug-likeness (QED) is 0.657. The van der Waals surface area contributed by atoms with Gasteiger partial charge in [-0.05, 0) is 25.0 Å². The second-order valence-corrected chi connectivity index (χ2v) is 6.71. The molecule has 3 rings (SSSR count). The number of carbonyl (C=O) groups excluding carboxylic acids is 1. The zero-order valence-corrected chi connectivity index (χ0v) is 15.2. The fourth-order valence-electron chi connectivity index (χ4n) is 2.86. The molecule has 0 aliphatic carbocycles. The van der Waals surface area contributed by atoms with Crippen LogP contribution in [0.15, 0.2) is 33.2 Å². The number of rotatable bonds is 4. The Kier molecular flexibility index (Phi) is 4.77. The predicted octanol–water partition coefficient (Wildman–Crippen LogP) is 3.48. The third-order valence-electron chi connectivity index (χ3n) is 4.25. The van der Waals surface area contributed by atoms with Gasteiger partial charge in [0.25, 0.3) is 5.56 Å². The highest BCUT2D eigenvalue weighted by Crippen LogP contribution is 2.29. The van der Waals surface area contributed by atoms with E-state index >= 15 is 0 Å². The molecule has 27 heavy (non-hydrogen) atoms. The van der Waals surface area contributed by atoms with E-state index < -0.39 is 11.5 Å². The van der Waals surface area contributed by atoms with Crippen molar-refractivity contribution in [2.45, 2.75) is 33.9 Å². The second-order valence-electron chi connectivity index (χ2n) is 6.71. The molecule has 1 aromatic carbocycles. The van der Waals surface area contributed by atoms with Crippen molar-refractivity contribution in [3.8, 4) is 11.9 Å². The van der Waals surface area contributed by atoms with E-state index in [0.717, 1.165) is 10.1 Å². The predicted molar refractivity (Wildman–Crippen MR) is 96.4 cm³/mol. The lowest BCUT2D eigenvalue weighted by Gasteiger charge is -2.14. The topological polar surface area (TPSA) is 117 Å². The minimum atomic E-state index is -0.526. The summed E-state index contributed by atoms with van der Waals surface area (Å²) in [5.74, 6) is -0.711. The van der Waals surface area contributed by atoms with E-state index in [1.165, 1.54) is 6.92 Å². The Morgan fingerprint density at radius 3 is 2.74 bits per heavy atom. The molecule has 0 saturated carbocycles. The molecule has 0 atom stereocenters. The Morgan fingerprint density at radius 1 is 1.33 bits per heavy atom. The molecule has 0 saturated heterocycles. The number of benzene rings is 1. The molecule has 1 aromatic heterocycles. The molecule has 0 amide bonds. The van der Waals surface area contributed by atoms with Gasteiger partial charge in [-0.2, -0.15) is 10.4 Å². The molecule has 0 bridgehead atoms. The van der Waals surface area contributed by atoms with Crippen LogP contribution >= 0.6 is 0 Å². The number of hydrogen-bond acceptors (Lipinski definition) is 7. The van der Waals surface area contributed by atoms with Gasteiger partial charge in [-0.1, -0.05) is 19.9 Å². The van der Waals surface area contributed by atoms with E-state index in [4.69, 9.17) is 4.74 Å². The zero-order valence-electron chi connectivity index (χ0n) is 15.2. The number of ether oxygens (including phenoxy) is 1.